The molecule has 0 aromatic carbocycles. The predicted molar refractivity (Wildman–Crippen MR) is 76.3 cm³/mol. The summed E-state index contributed by atoms with van der Waals surface area (Å²) in [4.78, 5) is 22.7. The van der Waals surface area contributed by atoms with Gasteiger partial charge in [0.1, 0.15) is 0 Å². The van der Waals surface area contributed by atoms with Gasteiger partial charge in [0.25, 0.3) is 10.1 Å². The van der Waals surface area contributed by atoms with Gasteiger partial charge in [0.2, 0.25) is 0 Å². The van der Waals surface area contributed by atoms with Gasteiger partial charge in [-0.15, -0.1) is 0 Å². The lowest BCUT2D eigenvalue weighted by atomic mass is 10.1. The lowest BCUT2D eigenvalue weighted by molar-refractivity contribution is -0.148. The van der Waals surface area contributed by atoms with E-state index in [1.807, 2.05) is 0 Å². The molecular weight excluding hydrogens is 300 g/mol. The molecule has 0 heterocycles. The van der Waals surface area contributed by atoms with Gasteiger partial charge < -0.3 is 9.47 Å². The molecule has 1 N–H and O–H groups in total. The summed E-state index contributed by atoms with van der Waals surface area (Å²) in [5, 5.41) is -1.93. The fourth-order valence-corrected chi connectivity index (χ4v) is 2.35. The van der Waals surface area contributed by atoms with Gasteiger partial charge in [-0.2, -0.15) is 8.42 Å². The maximum absolute atomic E-state index is 11.6. The van der Waals surface area contributed by atoms with Gasteiger partial charge in [0, 0.05) is 0 Å². The molecule has 1 atom stereocenters. The average molecular weight is 324 g/mol. The number of hydrogen-bond donors (Lipinski definition) is 1. The third kappa shape index (κ3) is 9.41. The van der Waals surface area contributed by atoms with Crippen molar-refractivity contribution in [2.24, 2.45) is 0 Å². The van der Waals surface area contributed by atoms with Crippen LogP contribution in [0.15, 0.2) is 0 Å². The smallest absolute Gasteiger partial charge is 0.327 e. The van der Waals surface area contributed by atoms with Crippen LogP contribution in [-0.4, -0.2) is 43.9 Å². The Labute approximate surface area is 125 Å². The van der Waals surface area contributed by atoms with Gasteiger partial charge in [-0.25, -0.2) is 0 Å². The standard InChI is InChI=1S/C13H24O7S/c1-3-4-5-6-7-8-9-20-13(15)11(21(16,17)18)10-12(14)19-2/h11H,3-10H2,1-2H3,(H,16,17,18). The summed E-state index contributed by atoms with van der Waals surface area (Å²) < 4.78 is 40.2. The van der Waals surface area contributed by atoms with Crippen LogP contribution < -0.4 is 0 Å². The SMILES string of the molecule is CCCCCCCCOC(=O)C(CC(=O)OC)S(=O)(=O)O. The molecule has 0 aliphatic heterocycles. The Balaban J connectivity index is 4.16. The molecular formula is C13H24O7S. The van der Waals surface area contributed by atoms with Gasteiger partial charge in [-0.05, 0) is 6.42 Å². The summed E-state index contributed by atoms with van der Waals surface area (Å²) in [6.45, 7) is 2.18. The molecule has 0 saturated heterocycles. The average Bonchev–Trinajstić information content (AvgIpc) is 2.41. The number of hydrogen-bond acceptors (Lipinski definition) is 6. The maximum atomic E-state index is 11.6. The molecule has 7 nitrogen and oxygen atoms in total. The van der Waals surface area contributed by atoms with Crippen molar-refractivity contribution in [3.8, 4) is 0 Å². The Kier molecular flexibility index (Phi) is 9.98. The Hall–Kier alpha value is -1.15. The van der Waals surface area contributed by atoms with Crippen LogP contribution >= 0.6 is 0 Å². The zero-order valence-electron chi connectivity index (χ0n) is 12.5. The Morgan fingerprint density at radius 3 is 2.19 bits per heavy atom. The molecule has 8 heteroatoms. The van der Waals surface area contributed by atoms with E-state index in [4.69, 9.17) is 9.29 Å². The number of methoxy groups -OCH3 is 1. The lowest BCUT2D eigenvalue weighted by Gasteiger charge is -2.12. The first kappa shape index (κ1) is 19.9. The minimum Gasteiger partial charge on any atom is -0.469 e. The zero-order valence-corrected chi connectivity index (χ0v) is 13.4. The Morgan fingerprint density at radius 2 is 1.67 bits per heavy atom. The number of unbranched alkanes of at least 4 members (excludes halogenated alkanes) is 5. The molecule has 0 aromatic heterocycles. The van der Waals surface area contributed by atoms with Gasteiger partial charge in [-0.1, -0.05) is 39.0 Å². The van der Waals surface area contributed by atoms with Crippen molar-refractivity contribution in [2.75, 3.05) is 13.7 Å². The van der Waals surface area contributed by atoms with Crippen LogP contribution in [0.25, 0.3) is 0 Å². The fraction of sp³-hybridized carbons (Fsp3) is 0.846. The molecule has 124 valence electrons. The summed E-state index contributed by atoms with van der Waals surface area (Å²) in [6, 6.07) is 0. The number of ether oxygens (including phenoxy) is 2. The lowest BCUT2D eigenvalue weighted by Crippen LogP contribution is -2.34. The number of rotatable bonds is 11. The normalized spacial score (nSPS) is 12.7. The van der Waals surface area contributed by atoms with Crippen molar-refractivity contribution >= 4 is 22.1 Å². The molecule has 0 radical (unpaired) electrons. The van der Waals surface area contributed by atoms with E-state index in [9.17, 15) is 18.0 Å². The first-order valence-corrected chi connectivity index (χ1v) is 8.53. The molecule has 0 bridgehead atoms. The van der Waals surface area contributed by atoms with Gasteiger partial charge in [-0.3, -0.25) is 14.1 Å². The summed E-state index contributed by atoms with van der Waals surface area (Å²) in [5.41, 5.74) is 0. The summed E-state index contributed by atoms with van der Waals surface area (Å²) in [5.74, 6) is -2.04. The molecule has 0 rings (SSSR count). The van der Waals surface area contributed by atoms with Crippen LogP contribution in [0.5, 0.6) is 0 Å². The Bertz CT molecular complexity index is 416. The molecule has 0 spiro atoms. The molecule has 21 heavy (non-hydrogen) atoms. The van der Waals surface area contributed by atoms with E-state index in [0.717, 1.165) is 39.2 Å². The third-order valence-electron chi connectivity index (χ3n) is 2.94. The molecule has 0 amide bonds. The van der Waals surface area contributed by atoms with E-state index in [2.05, 4.69) is 11.7 Å². The largest absolute Gasteiger partial charge is 0.469 e. The molecule has 0 aliphatic rings. The van der Waals surface area contributed by atoms with Crippen LogP contribution in [0, 0.1) is 0 Å². The second-order valence-corrected chi connectivity index (χ2v) is 6.32. The van der Waals surface area contributed by atoms with E-state index >= 15 is 0 Å². The third-order valence-corrected chi connectivity index (χ3v) is 4.02. The minimum absolute atomic E-state index is 0.0676. The van der Waals surface area contributed by atoms with Crippen LogP contribution in [0.4, 0.5) is 0 Å². The highest BCUT2D eigenvalue weighted by Gasteiger charge is 2.35. The van der Waals surface area contributed by atoms with Gasteiger partial charge >= 0.3 is 11.9 Å². The van der Waals surface area contributed by atoms with Crippen molar-refractivity contribution in [1.29, 1.82) is 0 Å². The van der Waals surface area contributed by atoms with Crippen molar-refractivity contribution in [2.45, 2.75) is 57.1 Å². The maximum Gasteiger partial charge on any atom is 0.327 e. The molecule has 1 unspecified atom stereocenters. The van der Waals surface area contributed by atoms with E-state index in [1.165, 1.54) is 0 Å². The second kappa shape index (κ2) is 10.6. The highest BCUT2D eigenvalue weighted by molar-refractivity contribution is 7.87. The van der Waals surface area contributed by atoms with Crippen molar-refractivity contribution in [3.05, 3.63) is 0 Å². The summed E-state index contributed by atoms with van der Waals surface area (Å²) in [6.07, 6.45) is 5.16. The van der Waals surface area contributed by atoms with E-state index < -0.39 is 33.7 Å². The first-order chi connectivity index (χ1) is 9.82. The van der Waals surface area contributed by atoms with Crippen LogP contribution in [0.3, 0.4) is 0 Å². The monoisotopic (exact) mass is 324 g/mol. The summed E-state index contributed by atoms with van der Waals surface area (Å²) >= 11 is 0. The van der Waals surface area contributed by atoms with E-state index in [1.54, 1.807) is 0 Å². The quantitative estimate of drug-likeness (QED) is 0.350. The van der Waals surface area contributed by atoms with Gasteiger partial charge in [0.15, 0.2) is 5.25 Å². The highest BCUT2D eigenvalue weighted by atomic mass is 32.2. The molecule has 0 fully saturated rings. The predicted octanol–water partition coefficient (Wildman–Crippen LogP) is 1.71. The molecule has 0 saturated carbocycles. The fourth-order valence-electron chi connectivity index (χ4n) is 1.69. The number of carbonyl (C=O) groups excluding carboxylic acids is 2. The van der Waals surface area contributed by atoms with E-state index in [0.29, 0.717) is 6.42 Å². The van der Waals surface area contributed by atoms with Crippen molar-refractivity contribution in [1.82, 2.24) is 0 Å². The topological polar surface area (TPSA) is 107 Å². The molecule has 0 aliphatic carbocycles. The number of carbonyl (C=O) groups is 2. The van der Waals surface area contributed by atoms with Crippen molar-refractivity contribution in [3.63, 3.8) is 0 Å². The second-order valence-electron chi connectivity index (χ2n) is 4.72. The van der Waals surface area contributed by atoms with E-state index in [-0.39, 0.29) is 6.61 Å². The highest BCUT2D eigenvalue weighted by Crippen LogP contribution is 2.10. The number of esters is 2. The van der Waals surface area contributed by atoms with Gasteiger partial charge in [0.05, 0.1) is 20.1 Å². The molecule has 0 aromatic rings. The van der Waals surface area contributed by atoms with Crippen molar-refractivity contribution < 1.29 is 32.0 Å². The summed E-state index contributed by atoms with van der Waals surface area (Å²) in [7, 11) is -3.64. The first-order valence-electron chi connectivity index (χ1n) is 7.02. The Morgan fingerprint density at radius 1 is 1.10 bits per heavy atom. The van der Waals surface area contributed by atoms with Crippen LogP contribution in [-0.2, 0) is 29.2 Å². The zero-order chi connectivity index (χ0) is 16.3. The van der Waals surface area contributed by atoms with Crippen LogP contribution in [0.2, 0.25) is 0 Å². The minimum atomic E-state index is -4.70. The van der Waals surface area contributed by atoms with Crippen LogP contribution in [0.1, 0.15) is 51.9 Å².